The molecule has 0 aromatic heterocycles. The molecule has 1 aromatic carbocycles. The molecule has 30 heavy (non-hydrogen) atoms. The van der Waals surface area contributed by atoms with E-state index in [0.717, 1.165) is 5.69 Å². The number of hydrogen-bond acceptors (Lipinski definition) is 5. The van der Waals surface area contributed by atoms with Gasteiger partial charge in [-0.05, 0) is 56.0 Å². The van der Waals surface area contributed by atoms with Crippen molar-refractivity contribution in [3.63, 3.8) is 0 Å². The van der Waals surface area contributed by atoms with Crippen molar-refractivity contribution in [3.05, 3.63) is 42.7 Å². The maximum Gasteiger partial charge on any atom is 0.246 e. The van der Waals surface area contributed by atoms with Crippen LogP contribution in [0.3, 0.4) is 0 Å². The van der Waals surface area contributed by atoms with Crippen molar-refractivity contribution in [3.8, 4) is 0 Å². The molecule has 3 aliphatic heterocycles. The molecule has 3 aliphatic rings. The maximum absolute atomic E-state index is 13.2. The first kappa shape index (κ1) is 20.5. The number of nitrogens with zero attached hydrogens (tertiary/aromatic N) is 4. The molecule has 0 bridgehead atoms. The van der Waals surface area contributed by atoms with Gasteiger partial charge in [0.05, 0.1) is 17.3 Å². The van der Waals surface area contributed by atoms with Gasteiger partial charge in [-0.15, -0.1) is 0 Å². The fourth-order valence-corrected chi connectivity index (χ4v) is 4.51. The molecule has 0 aliphatic carbocycles. The number of likely N-dealkylation sites (tertiary alicyclic amines) is 2. The fourth-order valence-electron chi connectivity index (χ4n) is 4.51. The van der Waals surface area contributed by atoms with Crippen LogP contribution in [-0.4, -0.2) is 70.3 Å². The van der Waals surface area contributed by atoms with E-state index in [-0.39, 0.29) is 23.7 Å². The van der Waals surface area contributed by atoms with Gasteiger partial charge in [0.25, 0.3) is 0 Å². The highest BCUT2D eigenvalue weighted by molar-refractivity contribution is 5.94. The van der Waals surface area contributed by atoms with Crippen molar-refractivity contribution in [1.82, 2.24) is 9.80 Å². The van der Waals surface area contributed by atoms with Crippen LogP contribution in [0.4, 0.5) is 10.1 Å². The van der Waals surface area contributed by atoms with Gasteiger partial charge in [-0.2, -0.15) is 5.10 Å². The lowest BCUT2D eigenvalue weighted by molar-refractivity contribution is -0.153. The minimum atomic E-state index is -0.885. The summed E-state index contributed by atoms with van der Waals surface area (Å²) in [4.78, 5) is 27.9. The van der Waals surface area contributed by atoms with Gasteiger partial charge in [-0.3, -0.25) is 14.6 Å². The summed E-state index contributed by atoms with van der Waals surface area (Å²) in [6.07, 6.45) is 5.93. The molecule has 8 heteroatoms. The standard InChI is InChI=1S/C22H27FN4O3/c1-2-20(28)26-12-8-19(26)21(29)25-13-9-22(30,10-14-25)15-18-7-11-24-27(18)17-5-3-16(23)4-6-17/h2-6,11,18-19,30H,1,7-10,12-15H2/t18?,19-/m1/s1. The first-order valence-electron chi connectivity index (χ1n) is 10.4. The zero-order valence-corrected chi connectivity index (χ0v) is 16.9. The minimum Gasteiger partial charge on any atom is -0.390 e. The number of benzene rings is 1. The molecule has 2 atom stereocenters. The van der Waals surface area contributed by atoms with Crippen LogP contribution >= 0.6 is 0 Å². The molecule has 0 radical (unpaired) electrons. The minimum absolute atomic E-state index is 0.00458. The molecular weight excluding hydrogens is 387 g/mol. The van der Waals surface area contributed by atoms with E-state index in [1.165, 1.54) is 18.2 Å². The van der Waals surface area contributed by atoms with Crippen molar-refractivity contribution in [2.75, 3.05) is 24.6 Å². The number of amides is 2. The zero-order valence-electron chi connectivity index (χ0n) is 16.9. The third kappa shape index (κ3) is 3.96. The van der Waals surface area contributed by atoms with Crippen LogP contribution < -0.4 is 5.01 Å². The molecule has 0 spiro atoms. The van der Waals surface area contributed by atoms with Gasteiger partial charge in [0.15, 0.2) is 0 Å². The van der Waals surface area contributed by atoms with Crippen molar-refractivity contribution in [1.29, 1.82) is 0 Å². The van der Waals surface area contributed by atoms with Gasteiger partial charge < -0.3 is 14.9 Å². The molecule has 0 saturated carbocycles. The highest BCUT2D eigenvalue weighted by atomic mass is 19.1. The van der Waals surface area contributed by atoms with Gasteiger partial charge in [0.1, 0.15) is 11.9 Å². The maximum atomic E-state index is 13.2. The van der Waals surface area contributed by atoms with Crippen LogP contribution in [-0.2, 0) is 9.59 Å². The van der Waals surface area contributed by atoms with Crippen LogP contribution in [0, 0.1) is 5.82 Å². The zero-order chi connectivity index (χ0) is 21.3. The van der Waals surface area contributed by atoms with Gasteiger partial charge in [0, 0.05) is 32.3 Å². The summed E-state index contributed by atoms with van der Waals surface area (Å²) in [5, 5.41) is 17.4. The third-order valence-corrected chi connectivity index (χ3v) is 6.40. The Labute approximate surface area is 175 Å². The summed E-state index contributed by atoms with van der Waals surface area (Å²) in [5.41, 5.74) is -0.0905. The van der Waals surface area contributed by atoms with Gasteiger partial charge in [0.2, 0.25) is 11.8 Å². The van der Waals surface area contributed by atoms with E-state index in [0.29, 0.717) is 51.7 Å². The van der Waals surface area contributed by atoms with Crippen molar-refractivity contribution < 1.29 is 19.1 Å². The predicted octanol–water partition coefficient (Wildman–Crippen LogP) is 1.92. The van der Waals surface area contributed by atoms with E-state index < -0.39 is 11.6 Å². The van der Waals surface area contributed by atoms with E-state index in [9.17, 15) is 19.1 Å². The summed E-state index contributed by atoms with van der Waals surface area (Å²) in [7, 11) is 0. The lowest BCUT2D eigenvalue weighted by Gasteiger charge is -2.45. The topological polar surface area (TPSA) is 76.5 Å². The Morgan fingerprint density at radius 3 is 2.53 bits per heavy atom. The van der Waals surface area contributed by atoms with Crippen molar-refractivity contribution in [2.24, 2.45) is 5.10 Å². The Morgan fingerprint density at radius 1 is 1.23 bits per heavy atom. The number of halogens is 1. The second-order valence-electron chi connectivity index (χ2n) is 8.30. The van der Waals surface area contributed by atoms with E-state index in [2.05, 4.69) is 11.7 Å². The lowest BCUT2D eigenvalue weighted by atomic mass is 9.84. The molecule has 2 fully saturated rings. The second kappa shape index (κ2) is 8.18. The summed E-state index contributed by atoms with van der Waals surface area (Å²) in [5.74, 6) is -0.556. The number of rotatable bonds is 5. The molecule has 2 amide bonds. The van der Waals surface area contributed by atoms with Gasteiger partial charge in [-0.25, -0.2) is 4.39 Å². The van der Waals surface area contributed by atoms with Crippen LogP contribution in [0.2, 0.25) is 0 Å². The average molecular weight is 414 g/mol. The van der Waals surface area contributed by atoms with Crippen LogP contribution in [0.15, 0.2) is 42.0 Å². The highest BCUT2D eigenvalue weighted by Gasteiger charge is 2.43. The first-order chi connectivity index (χ1) is 14.4. The van der Waals surface area contributed by atoms with Gasteiger partial charge in [-0.1, -0.05) is 6.58 Å². The average Bonchev–Trinajstić information content (AvgIpc) is 3.15. The van der Waals surface area contributed by atoms with Crippen molar-refractivity contribution in [2.45, 2.75) is 49.8 Å². The quantitative estimate of drug-likeness (QED) is 0.747. The molecule has 2 saturated heterocycles. The van der Waals surface area contributed by atoms with Crippen molar-refractivity contribution >= 4 is 23.7 Å². The Balaban J connectivity index is 1.34. The Bertz CT molecular complexity index is 848. The Morgan fingerprint density at radius 2 is 1.93 bits per heavy atom. The molecule has 1 N–H and O–H groups in total. The molecule has 160 valence electrons. The first-order valence-corrected chi connectivity index (χ1v) is 10.4. The number of anilines is 1. The number of hydrazone groups is 1. The number of carbonyl (C=O) groups excluding carboxylic acids is 2. The number of hydrogen-bond donors (Lipinski definition) is 1. The van der Waals surface area contributed by atoms with Crippen LogP contribution in [0.5, 0.6) is 0 Å². The molecular formula is C22H27FN4O3. The summed E-state index contributed by atoms with van der Waals surface area (Å²) in [6.45, 7) is 5.00. The monoisotopic (exact) mass is 414 g/mol. The SMILES string of the molecule is C=CC(=O)N1CC[C@@H]1C(=O)N1CCC(O)(CC2CC=NN2c2ccc(F)cc2)CC1. The summed E-state index contributed by atoms with van der Waals surface area (Å²) in [6, 6.07) is 5.77. The predicted molar refractivity (Wildman–Crippen MR) is 111 cm³/mol. The second-order valence-corrected chi connectivity index (χ2v) is 8.30. The smallest absolute Gasteiger partial charge is 0.246 e. The molecule has 1 aromatic rings. The van der Waals surface area contributed by atoms with E-state index >= 15 is 0 Å². The molecule has 7 nitrogen and oxygen atoms in total. The molecule has 4 rings (SSSR count). The Kier molecular flexibility index (Phi) is 5.60. The third-order valence-electron chi connectivity index (χ3n) is 6.40. The fraction of sp³-hybridized carbons (Fsp3) is 0.500. The van der Waals surface area contributed by atoms with E-state index in [1.807, 2.05) is 11.2 Å². The largest absolute Gasteiger partial charge is 0.390 e. The normalized spacial score (nSPS) is 25.2. The highest BCUT2D eigenvalue weighted by Crippen LogP contribution is 2.34. The molecule has 1 unspecified atom stereocenters. The molecule has 3 heterocycles. The van der Waals surface area contributed by atoms with Crippen LogP contribution in [0.25, 0.3) is 0 Å². The number of piperidine rings is 1. The van der Waals surface area contributed by atoms with E-state index in [1.54, 1.807) is 21.9 Å². The lowest BCUT2D eigenvalue weighted by Crippen LogP contribution is -2.60. The summed E-state index contributed by atoms with van der Waals surface area (Å²) >= 11 is 0. The number of carbonyl (C=O) groups is 2. The van der Waals surface area contributed by atoms with E-state index in [4.69, 9.17) is 0 Å². The number of aliphatic hydroxyl groups is 1. The van der Waals surface area contributed by atoms with Gasteiger partial charge >= 0.3 is 0 Å². The Hall–Kier alpha value is -2.74. The summed E-state index contributed by atoms with van der Waals surface area (Å²) < 4.78 is 13.2. The van der Waals surface area contributed by atoms with Crippen LogP contribution in [0.1, 0.15) is 32.1 Å².